The number of hydrogen-bond acceptors (Lipinski definition) is 6. The Bertz CT molecular complexity index is 782. The topological polar surface area (TPSA) is 112 Å². The molecule has 1 fully saturated rings. The van der Waals surface area contributed by atoms with E-state index in [4.69, 9.17) is 21.8 Å². The highest BCUT2D eigenvalue weighted by molar-refractivity contribution is 6.30. The number of aromatic nitrogens is 3. The second kappa shape index (κ2) is 11.3. The third kappa shape index (κ3) is 7.45. The van der Waals surface area contributed by atoms with Gasteiger partial charge < -0.3 is 25.4 Å². The molecule has 9 heteroatoms. The van der Waals surface area contributed by atoms with Gasteiger partial charge in [0.2, 0.25) is 5.91 Å². The number of amides is 1. The SMILES string of the molecule is CC.CC(C)(O)O.CCNc1cc(Cl)nc2c1ncn2[C@H]1CC[C@@H](C(=O)NC)C1. The molecule has 29 heavy (non-hydrogen) atoms. The van der Waals surface area contributed by atoms with Crippen molar-refractivity contribution in [3.8, 4) is 0 Å². The van der Waals surface area contributed by atoms with E-state index < -0.39 is 5.79 Å². The maximum atomic E-state index is 11.8. The number of nitrogens with zero attached hydrogens (tertiary/aromatic N) is 3. The van der Waals surface area contributed by atoms with Gasteiger partial charge in [-0.15, -0.1) is 0 Å². The molecule has 0 spiro atoms. The van der Waals surface area contributed by atoms with Gasteiger partial charge in [-0.1, -0.05) is 25.4 Å². The molecule has 3 rings (SSSR count). The quantitative estimate of drug-likeness (QED) is 0.439. The molecule has 0 aliphatic heterocycles. The van der Waals surface area contributed by atoms with Gasteiger partial charge in [0.1, 0.15) is 10.7 Å². The third-order valence-corrected chi connectivity index (χ3v) is 4.48. The molecule has 0 saturated heterocycles. The van der Waals surface area contributed by atoms with Gasteiger partial charge in [0, 0.05) is 31.6 Å². The fraction of sp³-hybridized carbons (Fsp3) is 0.650. The van der Waals surface area contributed by atoms with E-state index >= 15 is 0 Å². The molecule has 0 unspecified atom stereocenters. The maximum absolute atomic E-state index is 11.8. The van der Waals surface area contributed by atoms with Crippen LogP contribution in [0.5, 0.6) is 0 Å². The number of carbonyl (C=O) groups is 1. The van der Waals surface area contributed by atoms with Crippen LogP contribution in [-0.4, -0.2) is 50.0 Å². The molecule has 2 atom stereocenters. The Morgan fingerprint density at radius 2 is 1.97 bits per heavy atom. The summed E-state index contributed by atoms with van der Waals surface area (Å²) < 4.78 is 2.06. The lowest BCUT2D eigenvalue weighted by Gasteiger charge is -2.13. The Balaban J connectivity index is 0.000000527. The second-order valence-electron chi connectivity index (χ2n) is 7.12. The normalized spacial score (nSPS) is 18.4. The predicted molar refractivity (Wildman–Crippen MR) is 117 cm³/mol. The van der Waals surface area contributed by atoms with E-state index in [9.17, 15) is 4.79 Å². The molecule has 0 bridgehead atoms. The summed E-state index contributed by atoms with van der Waals surface area (Å²) in [6.45, 7) is 9.42. The molecular formula is C20H34ClN5O3. The van der Waals surface area contributed by atoms with E-state index in [2.05, 4.69) is 25.2 Å². The van der Waals surface area contributed by atoms with Gasteiger partial charge in [-0.25, -0.2) is 9.97 Å². The number of nitrogens with one attached hydrogen (secondary N) is 2. The van der Waals surface area contributed by atoms with E-state index in [0.717, 1.165) is 42.7 Å². The number of pyridine rings is 1. The van der Waals surface area contributed by atoms with Crippen LogP contribution in [0, 0.1) is 5.92 Å². The fourth-order valence-corrected chi connectivity index (χ4v) is 3.41. The molecule has 1 aliphatic carbocycles. The third-order valence-electron chi connectivity index (χ3n) is 4.28. The van der Waals surface area contributed by atoms with Crippen molar-refractivity contribution in [3.63, 3.8) is 0 Å². The average molecular weight is 428 g/mol. The molecule has 2 heterocycles. The number of rotatable bonds is 4. The first kappa shape index (κ1) is 25.1. The van der Waals surface area contributed by atoms with Gasteiger partial charge >= 0.3 is 0 Å². The van der Waals surface area contributed by atoms with Crippen LogP contribution in [0.3, 0.4) is 0 Å². The summed E-state index contributed by atoms with van der Waals surface area (Å²) in [6, 6.07) is 2.04. The molecular weight excluding hydrogens is 394 g/mol. The zero-order chi connectivity index (χ0) is 22.2. The summed E-state index contributed by atoms with van der Waals surface area (Å²) in [5.74, 6) is -1.31. The van der Waals surface area contributed by atoms with Crippen molar-refractivity contribution in [2.24, 2.45) is 5.92 Å². The summed E-state index contributed by atoms with van der Waals surface area (Å²) in [6.07, 6.45) is 4.47. The van der Waals surface area contributed by atoms with Gasteiger partial charge in [0.05, 0.1) is 12.0 Å². The molecule has 164 valence electrons. The molecule has 0 radical (unpaired) electrons. The first-order valence-electron chi connectivity index (χ1n) is 10.1. The highest BCUT2D eigenvalue weighted by Gasteiger charge is 2.31. The van der Waals surface area contributed by atoms with Crippen LogP contribution >= 0.6 is 11.6 Å². The summed E-state index contributed by atoms with van der Waals surface area (Å²) in [7, 11) is 1.69. The Morgan fingerprint density at radius 3 is 2.52 bits per heavy atom. The van der Waals surface area contributed by atoms with Crippen molar-refractivity contribution in [1.29, 1.82) is 0 Å². The van der Waals surface area contributed by atoms with Gasteiger partial charge in [-0.2, -0.15) is 0 Å². The number of hydrogen-bond donors (Lipinski definition) is 4. The highest BCUT2D eigenvalue weighted by Crippen LogP contribution is 2.37. The van der Waals surface area contributed by atoms with Gasteiger partial charge in [0.25, 0.3) is 0 Å². The highest BCUT2D eigenvalue weighted by atomic mass is 35.5. The van der Waals surface area contributed by atoms with Crippen molar-refractivity contribution in [1.82, 2.24) is 19.9 Å². The van der Waals surface area contributed by atoms with Crippen molar-refractivity contribution in [2.75, 3.05) is 18.9 Å². The minimum atomic E-state index is -1.50. The van der Waals surface area contributed by atoms with E-state index in [1.165, 1.54) is 13.8 Å². The van der Waals surface area contributed by atoms with Crippen LogP contribution in [0.15, 0.2) is 12.4 Å². The van der Waals surface area contributed by atoms with E-state index in [1.807, 2.05) is 27.1 Å². The summed E-state index contributed by atoms with van der Waals surface area (Å²) in [5, 5.41) is 22.6. The van der Waals surface area contributed by atoms with Gasteiger partial charge in [-0.05, 0) is 40.0 Å². The molecule has 8 nitrogen and oxygen atoms in total. The first-order chi connectivity index (χ1) is 13.6. The Hall–Kier alpha value is -1.90. The number of halogens is 1. The smallest absolute Gasteiger partial charge is 0.222 e. The van der Waals surface area contributed by atoms with Crippen molar-refractivity contribution < 1.29 is 15.0 Å². The monoisotopic (exact) mass is 427 g/mol. The summed E-state index contributed by atoms with van der Waals surface area (Å²) in [4.78, 5) is 20.7. The van der Waals surface area contributed by atoms with Gasteiger partial charge in [-0.3, -0.25) is 4.79 Å². The fourth-order valence-electron chi connectivity index (χ4n) is 3.22. The van der Waals surface area contributed by atoms with Crippen LogP contribution < -0.4 is 10.6 Å². The number of carbonyl (C=O) groups excluding carboxylic acids is 1. The lowest BCUT2D eigenvalue weighted by Crippen LogP contribution is -2.25. The molecule has 2 aromatic rings. The molecule has 2 aromatic heterocycles. The van der Waals surface area contributed by atoms with E-state index in [-0.39, 0.29) is 17.9 Å². The van der Waals surface area contributed by atoms with Crippen LogP contribution in [0.4, 0.5) is 5.69 Å². The van der Waals surface area contributed by atoms with Crippen molar-refractivity contribution in [3.05, 3.63) is 17.5 Å². The van der Waals surface area contributed by atoms with Crippen LogP contribution in [0.1, 0.15) is 59.9 Å². The summed E-state index contributed by atoms with van der Waals surface area (Å²) in [5.41, 5.74) is 2.51. The zero-order valence-corrected chi connectivity index (χ0v) is 18.9. The minimum Gasteiger partial charge on any atom is -0.383 e. The maximum Gasteiger partial charge on any atom is 0.222 e. The lowest BCUT2D eigenvalue weighted by atomic mass is 10.1. The molecule has 1 amide bonds. The zero-order valence-electron chi connectivity index (χ0n) is 18.2. The minimum absolute atomic E-state index is 0.0693. The Kier molecular flexibility index (Phi) is 9.82. The largest absolute Gasteiger partial charge is 0.383 e. The number of fused-ring (bicyclic) bond motifs is 1. The second-order valence-corrected chi connectivity index (χ2v) is 7.51. The molecule has 4 N–H and O–H groups in total. The summed E-state index contributed by atoms with van der Waals surface area (Å²) >= 11 is 6.14. The lowest BCUT2D eigenvalue weighted by molar-refractivity contribution is -0.127. The van der Waals surface area contributed by atoms with Gasteiger partial charge in [0.15, 0.2) is 11.4 Å². The Labute approximate surface area is 177 Å². The molecule has 1 saturated carbocycles. The number of aliphatic hydroxyl groups is 2. The van der Waals surface area contributed by atoms with Crippen molar-refractivity contribution >= 4 is 34.4 Å². The number of imidazole rings is 1. The van der Waals surface area contributed by atoms with E-state index in [1.54, 1.807) is 13.1 Å². The van der Waals surface area contributed by atoms with Crippen molar-refractivity contribution in [2.45, 2.75) is 65.7 Å². The predicted octanol–water partition coefficient (Wildman–Crippen LogP) is 3.34. The van der Waals surface area contributed by atoms with E-state index in [0.29, 0.717) is 5.15 Å². The average Bonchev–Trinajstić information content (AvgIpc) is 3.28. The van der Waals surface area contributed by atoms with Crippen LogP contribution in [0.25, 0.3) is 11.2 Å². The Morgan fingerprint density at radius 1 is 1.34 bits per heavy atom. The molecule has 0 aromatic carbocycles. The van der Waals surface area contributed by atoms with Crippen LogP contribution in [-0.2, 0) is 4.79 Å². The van der Waals surface area contributed by atoms with Crippen LogP contribution in [0.2, 0.25) is 5.15 Å². The molecule has 1 aliphatic rings. The standard InChI is InChI=1S/C15H20ClN5O.C3H8O2.C2H6/c1-3-18-11-7-12(16)20-14-13(11)19-8-21(14)10-5-4-9(6-10)15(22)17-2;1-3(2,4)5;1-2/h7-10H,3-6H2,1-2H3,(H,17,22)(H,18,20);4-5H,1-2H3;1-2H3/t9-,10+;;/m1../s1. The first-order valence-corrected chi connectivity index (χ1v) is 10.4. The number of anilines is 1.